The highest BCUT2D eigenvalue weighted by Crippen LogP contribution is 2.39. The Morgan fingerprint density at radius 2 is 1.79 bits per heavy atom. The molecule has 5 rings (SSSR count). The average Bonchev–Trinajstić information content (AvgIpc) is 3.41. The van der Waals surface area contributed by atoms with Crippen LogP contribution in [0.25, 0.3) is 11.0 Å². The first-order valence-corrected chi connectivity index (χ1v) is 8.88. The van der Waals surface area contributed by atoms with Crippen molar-refractivity contribution < 1.29 is 0 Å². The van der Waals surface area contributed by atoms with Gasteiger partial charge in [-0.05, 0) is 37.8 Å². The first kappa shape index (κ1) is 14.0. The molecule has 2 fully saturated rings. The predicted molar refractivity (Wildman–Crippen MR) is 94.3 cm³/mol. The third-order valence-electron chi connectivity index (χ3n) is 5.28. The first-order valence-electron chi connectivity index (χ1n) is 8.88. The first-order chi connectivity index (χ1) is 11.9. The molecule has 1 aromatic carbocycles. The smallest absolute Gasteiger partial charge is 0.132 e. The zero-order valence-corrected chi connectivity index (χ0v) is 13.7. The second-order valence-corrected chi connectivity index (χ2v) is 6.98. The number of aromatic amines is 1. The number of nitrogens with zero attached hydrogens (tertiary/aromatic N) is 4. The largest absolute Gasteiger partial charge is 0.356 e. The van der Waals surface area contributed by atoms with Gasteiger partial charge in [0.15, 0.2) is 0 Å². The van der Waals surface area contributed by atoms with Crippen molar-refractivity contribution in [2.45, 2.75) is 37.5 Å². The molecular weight excluding hydrogens is 298 g/mol. The van der Waals surface area contributed by atoms with Crippen LogP contribution < -0.4 is 4.90 Å². The van der Waals surface area contributed by atoms with E-state index in [0.29, 0.717) is 11.8 Å². The number of aromatic nitrogens is 4. The van der Waals surface area contributed by atoms with Crippen molar-refractivity contribution in [2.24, 2.45) is 0 Å². The van der Waals surface area contributed by atoms with E-state index in [4.69, 9.17) is 4.98 Å². The third kappa shape index (κ3) is 2.54. The number of hydrogen-bond acceptors (Lipinski definition) is 4. The summed E-state index contributed by atoms with van der Waals surface area (Å²) in [6, 6.07) is 10.5. The van der Waals surface area contributed by atoms with Gasteiger partial charge in [0.2, 0.25) is 0 Å². The Bertz CT molecular complexity index is 826. The molecule has 122 valence electrons. The van der Waals surface area contributed by atoms with Crippen molar-refractivity contribution >= 4 is 16.9 Å². The maximum atomic E-state index is 4.78. The number of benzene rings is 1. The van der Waals surface area contributed by atoms with Gasteiger partial charge in [-0.1, -0.05) is 12.1 Å². The van der Waals surface area contributed by atoms with Gasteiger partial charge in [-0.25, -0.2) is 15.0 Å². The van der Waals surface area contributed by atoms with Crippen LogP contribution >= 0.6 is 0 Å². The Morgan fingerprint density at radius 1 is 0.958 bits per heavy atom. The Kier molecular flexibility index (Phi) is 3.25. The molecule has 3 aromatic rings. The number of para-hydroxylation sites is 2. The lowest BCUT2D eigenvalue weighted by atomic mass is 9.96. The minimum atomic E-state index is 0.512. The van der Waals surface area contributed by atoms with Crippen molar-refractivity contribution in [1.82, 2.24) is 19.9 Å². The van der Waals surface area contributed by atoms with E-state index >= 15 is 0 Å². The van der Waals surface area contributed by atoms with Crippen molar-refractivity contribution in [2.75, 3.05) is 18.0 Å². The number of anilines is 1. The summed E-state index contributed by atoms with van der Waals surface area (Å²) in [6.45, 7) is 2.06. The van der Waals surface area contributed by atoms with Crippen LogP contribution in [0.2, 0.25) is 0 Å². The molecule has 1 aliphatic carbocycles. The standard InChI is InChI=1S/C19H21N5/c1-2-4-16-15(3-1)22-19(23-16)14-7-9-24(10-8-14)18-11-17(13-5-6-13)20-12-21-18/h1-4,11-14H,5-10H2,(H,22,23). The van der Waals surface area contributed by atoms with E-state index in [0.717, 1.165) is 48.6 Å². The Morgan fingerprint density at radius 3 is 2.58 bits per heavy atom. The van der Waals surface area contributed by atoms with Crippen molar-refractivity contribution in [3.63, 3.8) is 0 Å². The summed E-state index contributed by atoms with van der Waals surface area (Å²) in [4.78, 5) is 19.6. The highest BCUT2D eigenvalue weighted by Gasteiger charge is 2.27. The Balaban J connectivity index is 1.31. The highest BCUT2D eigenvalue weighted by molar-refractivity contribution is 5.74. The van der Waals surface area contributed by atoms with Crippen LogP contribution in [0.3, 0.4) is 0 Å². The molecule has 1 N–H and O–H groups in total. The lowest BCUT2D eigenvalue weighted by Gasteiger charge is -2.32. The van der Waals surface area contributed by atoms with E-state index < -0.39 is 0 Å². The van der Waals surface area contributed by atoms with Crippen LogP contribution in [0, 0.1) is 0 Å². The quantitative estimate of drug-likeness (QED) is 0.801. The third-order valence-corrected chi connectivity index (χ3v) is 5.28. The van der Waals surface area contributed by atoms with Gasteiger partial charge >= 0.3 is 0 Å². The summed E-state index contributed by atoms with van der Waals surface area (Å²) in [7, 11) is 0. The Hall–Kier alpha value is -2.43. The van der Waals surface area contributed by atoms with Gasteiger partial charge in [0.1, 0.15) is 18.0 Å². The number of nitrogens with one attached hydrogen (secondary N) is 1. The highest BCUT2D eigenvalue weighted by atomic mass is 15.2. The molecule has 1 saturated heterocycles. The lowest BCUT2D eigenvalue weighted by molar-refractivity contribution is 0.487. The second kappa shape index (κ2) is 5.58. The maximum absolute atomic E-state index is 4.78. The molecule has 0 unspecified atom stereocenters. The number of piperidine rings is 1. The monoisotopic (exact) mass is 319 g/mol. The molecule has 5 nitrogen and oxygen atoms in total. The summed E-state index contributed by atoms with van der Waals surface area (Å²) in [5, 5.41) is 0. The van der Waals surface area contributed by atoms with Crippen molar-refractivity contribution in [3.8, 4) is 0 Å². The fourth-order valence-corrected chi connectivity index (χ4v) is 3.68. The number of fused-ring (bicyclic) bond motifs is 1. The molecule has 1 aliphatic heterocycles. The van der Waals surface area contributed by atoms with Gasteiger partial charge < -0.3 is 9.88 Å². The molecule has 3 heterocycles. The molecule has 5 heteroatoms. The summed E-state index contributed by atoms with van der Waals surface area (Å²) in [5.41, 5.74) is 3.43. The van der Waals surface area contributed by atoms with Gasteiger partial charge in [-0.2, -0.15) is 0 Å². The molecule has 0 amide bonds. The number of hydrogen-bond donors (Lipinski definition) is 1. The lowest BCUT2D eigenvalue weighted by Crippen LogP contribution is -2.33. The van der Waals surface area contributed by atoms with Crippen LogP contribution in [0.4, 0.5) is 5.82 Å². The summed E-state index contributed by atoms with van der Waals surface area (Å²) >= 11 is 0. The topological polar surface area (TPSA) is 57.7 Å². The molecule has 2 aromatic heterocycles. The SMILES string of the molecule is c1ccc2[nH]c(C3CCN(c4cc(C5CC5)ncn4)CC3)nc2c1. The number of rotatable bonds is 3. The molecule has 0 radical (unpaired) electrons. The van der Waals surface area contributed by atoms with Gasteiger partial charge in [-0.3, -0.25) is 0 Å². The van der Waals surface area contributed by atoms with Crippen LogP contribution in [-0.4, -0.2) is 33.0 Å². The van der Waals surface area contributed by atoms with Gasteiger partial charge in [0.25, 0.3) is 0 Å². The molecule has 1 saturated carbocycles. The fourth-order valence-electron chi connectivity index (χ4n) is 3.68. The Labute approximate surface area is 141 Å². The van der Waals surface area contributed by atoms with E-state index in [-0.39, 0.29) is 0 Å². The van der Waals surface area contributed by atoms with E-state index in [9.17, 15) is 0 Å². The second-order valence-electron chi connectivity index (χ2n) is 6.98. The molecular formula is C19H21N5. The molecule has 2 aliphatic rings. The number of imidazole rings is 1. The summed E-state index contributed by atoms with van der Waals surface area (Å²) in [6.07, 6.45) is 6.52. The number of H-pyrrole nitrogens is 1. The van der Waals surface area contributed by atoms with E-state index in [2.05, 4.69) is 44.1 Å². The molecule has 0 bridgehead atoms. The van der Waals surface area contributed by atoms with Crippen LogP contribution in [-0.2, 0) is 0 Å². The maximum Gasteiger partial charge on any atom is 0.132 e. The van der Waals surface area contributed by atoms with E-state index in [1.165, 1.54) is 18.5 Å². The van der Waals surface area contributed by atoms with Crippen molar-refractivity contribution in [1.29, 1.82) is 0 Å². The van der Waals surface area contributed by atoms with E-state index in [1.54, 1.807) is 6.33 Å². The minimum Gasteiger partial charge on any atom is -0.356 e. The minimum absolute atomic E-state index is 0.512. The zero-order chi connectivity index (χ0) is 15.9. The summed E-state index contributed by atoms with van der Waals surface area (Å²) in [5.74, 6) is 3.42. The van der Waals surface area contributed by atoms with Crippen LogP contribution in [0.1, 0.15) is 49.0 Å². The predicted octanol–water partition coefficient (Wildman–Crippen LogP) is 3.61. The van der Waals surface area contributed by atoms with Gasteiger partial charge in [0.05, 0.1) is 11.0 Å². The zero-order valence-electron chi connectivity index (χ0n) is 13.7. The normalized spacial score (nSPS) is 19.1. The van der Waals surface area contributed by atoms with Crippen LogP contribution in [0.5, 0.6) is 0 Å². The summed E-state index contributed by atoms with van der Waals surface area (Å²) < 4.78 is 0. The van der Waals surface area contributed by atoms with Gasteiger partial charge in [-0.15, -0.1) is 0 Å². The van der Waals surface area contributed by atoms with Gasteiger partial charge in [0, 0.05) is 36.7 Å². The van der Waals surface area contributed by atoms with E-state index in [1.807, 2.05) is 6.07 Å². The van der Waals surface area contributed by atoms with Crippen LogP contribution in [0.15, 0.2) is 36.7 Å². The molecule has 0 spiro atoms. The average molecular weight is 319 g/mol. The molecule has 24 heavy (non-hydrogen) atoms. The fraction of sp³-hybridized carbons (Fsp3) is 0.421. The molecule has 0 atom stereocenters. The van der Waals surface area contributed by atoms with Crippen molar-refractivity contribution in [3.05, 3.63) is 48.2 Å².